The third kappa shape index (κ3) is 5.92. The first-order valence-corrected chi connectivity index (χ1v) is 8.01. The number of amides is 1. The van der Waals surface area contributed by atoms with Crippen LogP contribution >= 0.6 is 12.4 Å². The summed E-state index contributed by atoms with van der Waals surface area (Å²) in [5.74, 6) is 1.74. The summed E-state index contributed by atoms with van der Waals surface area (Å²) in [6, 6.07) is 7.76. The molecule has 0 aliphatic carbocycles. The molecular formula is C17H27ClN2O3. The highest BCUT2D eigenvalue weighted by atomic mass is 35.5. The summed E-state index contributed by atoms with van der Waals surface area (Å²) in [6.45, 7) is 5.25. The van der Waals surface area contributed by atoms with Crippen molar-refractivity contribution in [3.63, 3.8) is 0 Å². The van der Waals surface area contributed by atoms with Crippen LogP contribution in [-0.4, -0.2) is 50.2 Å². The fourth-order valence-corrected chi connectivity index (χ4v) is 2.73. The quantitative estimate of drug-likeness (QED) is 0.788. The Labute approximate surface area is 144 Å². The Hall–Kier alpha value is -1.46. The Kier molecular flexibility index (Phi) is 8.81. The third-order valence-corrected chi connectivity index (χ3v) is 3.90. The molecule has 1 fully saturated rings. The predicted molar refractivity (Wildman–Crippen MR) is 93.6 cm³/mol. The number of halogens is 1. The Morgan fingerprint density at radius 3 is 2.57 bits per heavy atom. The van der Waals surface area contributed by atoms with Crippen LogP contribution in [0.4, 0.5) is 0 Å². The van der Waals surface area contributed by atoms with Gasteiger partial charge in [-0.3, -0.25) is 4.79 Å². The van der Waals surface area contributed by atoms with Crippen LogP contribution in [0.2, 0.25) is 0 Å². The smallest absolute Gasteiger partial charge is 0.226 e. The van der Waals surface area contributed by atoms with E-state index < -0.39 is 0 Å². The van der Waals surface area contributed by atoms with Crippen LogP contribution in [0.15, 0.2) is 24.3 Å². The average molecular weight is 343 g/mol. The number of rotatable bonds is 8. The highest BCUT2D eigenvalue weighted by Gasteiger charge is 2.25. The summed E-state index contributed by atoms with van der Waals surface area (Å²) in [5, 5.41) is 3.32. The van der Waals surface area contributed by atoms with Crippen molar-refractivity contribution in [1.82, 2.24) is 10.2 Å². The van der Waals surface area contributed by atoms with Gasteiger partial charge in [0.1, 0.15) is 11.5 Å². The van der Waals surface area contributed by atoms with E-state index in [1.54, 1.807) is 7.11 Å². The van der Waals surface area contributed by atoms with E-state index in [9.17, 15) is 4.79 Å². The number of hydrogen-bond donors (Lipinski definition) is 1. The number of carbonyl (C=O) groups is 1. The summed E-state index contributed by atoms with van der Waals surface area (Å²) in [4.78, 5) is 14.4. The molecular weight excluding hydrogens is 316 g/mol. The Bertz CT molecular complexity index is 461. The van der Waals surface area contributed by atoms with Crippen LogP contribution in [0.5, 0.6) is 11.5 Å². The number of hydrogen-bond acceptors (Lipinski definition) is 4. The van der Waals surface area contributed by atoms with Gasteiger partial charge >= 0.3 is 0 Å². The van der Waals surface area contributed by atoms with E-state index in [-0.39, 0.29) is 18.3 Å². The van der Waals surface area contributed by atoms with E-state index in [1.165, 1.54) is 0 Å². The van der Waals surface area contributed by atoms with Gasteiger partial charge in [0, 0.05) is 19.1 Å². The second-order valence-electron chi connectivity index (χ2n) is 5.51. The largest absolute Gasteiger partial charge is 0.497 e. The van der Waals surface area contributed by atoms with Crippen molar-refractivity contribution in [2.24, 2.45) is 0 Å². The summed E-state index contributed by atoms with van der Waals surface area (Å²) < 4.78 is 10.8. The molecule has 2 rings (SSSR count). The second-order valence-corrected chi connectivity index (χ2v) is 5.51. The molecule has 1 amide bonds. The van der Waals surface area contributed by atoms with Crippen molar-refractivity contribution < 1.29 is 14.3 Å². The molecule has 1 atom stereocenters. The van der Waals surface area contributed by atoms with Gasteiger partial charge in [0.15, 0.2) is 0 Å². The van der Waals surface area contributed by atoms with Crippen LogP contribution < -0.4 is 14.8 Å². The minimum absolute atomic E-state index is 0. The number of benzene rings is 1. The maximum absolute atomic E-state index is 12.4. The fraction of sp³-hybridized carbons (Fsp3) is 0.588. The number of carbonyl (C=O) groups excluding carboxylic acids is 1. The molecule has 1 aliphatic rings. The molecule has 0 saturated carbocycles. The van der Waals surface area contributed by atoms with Crippen LogP contribution in [0.3, 0.4) is 0 Å². The molecule has 0 radical (unpaired) electrons. The van der Waals surface area contributed by atoms with Crippen molar-refractivity contribution >= 4 is 18.3 Å². The van der Waals surface area contributed by atoms with Gasteiger partial charge in [-0.25, -0.2) is 0 Å². The van der Waals surface area contributed by atoms with Gasteiger partial charge in [0.25, 0.3) is 0 Å². The van der Waals surface area contributed by atoms with Gasteiger partial charge in [0.05, 0.1) is 20.1 Å². The lowest BCUT2D eigenvalue weighted by molar-refractivity contribution is -0.133. The zero-order valence-electron chi connectivity index (χ0n) is 13.9. The second kappa shape index (κ2) is 10.3. The van der Waals surface area contributed by atoms with E-state index in [1.807, 2.05) is 29.2 Å². The molecule has 0 aromatic heterocycles. The molecule has 23 heavy (non-hydrogen) atoms. The first kappa shape index (κ1) is 19.6. The molecule has 1 aromatic rings. The van der Waals surface area contributed by atoms with Crippen molar-refractivity contribution in [3.05, 3.63) is 24.3 Å². The molecule has 130 valence electrons. The lowest BCUT2D eigenvalue weighted by Gasteiger charge is -2.28. The summed E-state index contributed by atoms with van der Waals surface area (Å²) in [7, 11) is 1.63. The lowest BCUT2D eigenvalue weighted by Crippen LogP contribution is -2.42. The maximum atomic E-state index is 12.4. The Morgan fingerprint density at radius 2 is 2.00 bits per heavy atom. The lowest BCUT2D eigenvalue weighted by atomic mass is 10.2. The highest BCUT2D eigenvalue weighted by Crippen LogP contribution is 2.17. The van der Waals surface area contributed by atoms with Gasteiger partial charge in [-0.05, 0) is 43.7 Å². The number of nitrogens with one attached hydrogen (secondary N) is 1. The van der Waals surface area contributed by atoms with E-state index in [4.69, 9.17) is 9.47 Å². The van der Waals surface area contributed by atoms with Crippen molar-refractivity contribution in [2.45, 2.75) is 32.2 Å². The highest BCUT2D eigenvalue weighted by molar-refractivity contribution is 5.85. The fourth-order valence-electron chi connectivity index (χ4n) is 2.73. The monoisotopic (exact) mass is 342 g/mol. The minimum Gasteiger partial charge on any atom is -0.497 e. The van der Waals surface area contributed by atoms with Crippen LogP contribution in [0.1, 0.15) is 26.2 Å². The first-order chi connectivity index (χ1) is 10.7. The van der Waals surface area contributed by atoms with Gasteiger partial charge in [-0.2, -0.15) is 0 Å². The van der Waals surface area contributed by atoms with Crippen LogP contribution in [-0.2, 0) is 4.79 Å². The summed E-state index contributed by atoms with van der Waals surface area (Å²) in [6.07, 6.45) is 2.45. The van der Waals surface area contributed by atoms with Gasteiger partial charge in [0.2, 0.25) is 5.91 Å². The average Bonchev–Trinajstić information content (AvgIpc) is 3.07. The Morgan fingerprint density at radius 1 is 1.30 bits per heavy atom. The normalized spacial score (nSPS) is 16.5. The standard InChI is InChI=1S/C17H26N2O3.ClH/c1-3-11-19(14-8-10-18-13-14)17(20)9-12-22-16-6-4-15(21-2)5-7-16;/h4-7,14,18H,3,8-13H2,1-2H3;1H. The van der Waals surface area contributed by atoms with E-state index in [2.05, 4.69) is 12.2 Å². The van der Waals surface area contributed by atoms with Crippen LogP contribution in [0.25, 0.3) is 0 Å². The summed E-state index contributed by atoms with van der Waals surface area (Å²) >= 11 is 0. The number of ether oxygens (including phenoxy) is 2. The van der Waals surface area contributed by atoms with E-state index in [0.717, 1.165) is 44.0 Å². The Balaban J connectivity index is 0.00000264. The van der Waals surface area contributed by atoms with Crippen LogP contribution in [0, 0.1) is 0 Å². The topological polar surface area (TPSA) is 50.8 Å². The predicted octanol–water partition coefficient (Wildman–Crippen LogP) is 2.49. The van der Waals surface area contributed by atoms with E-state index >= 15 is 0 Å². The zero-order chi connectivity index (χ0) is 15.8. The van der Waals surface area contributed by atoms with E-state index in [0.29, 0.717) is 19.1 Å². The molecule has 1 saturated heterocycles. The van der Waals surface area contributed by atoms with Crippen molar-refractivity contribution in [3.8, 4) is 11.5 Å². The van der Waals surface area contributed by atoms with Crippen molar-refractivity contribution in [1.29, 1.82) is 0 Å². The molecule has 1 aliphatic heterocycles. The van der Waals surface area contributed by atoms with Gasteiger partial charge in [-0.15, -0.1) is 12.4 Å². The SMILES string of the molecule is CCCN(C(=O)CCOc1ccc(OC)cc1)C1CCNC1.Cl. The molecule has 1 unspecified atom stereocenters. The third-order valence-electron chi connectivity index (χ3n) is 3.90. The van der Waals surface area contributed by atoms with Gasteiger partial charge in [-0.1, -0.05) is 6.92 Å². The molecule has 1 heterocycles. The number of nitrogens with zero attached hydrogens (tertiary/aromatic N) is 1. The van der Waals surface area contributed by atoms with Crippen molar-refractivity contribution in [2.75, 3.05) is 33.4 Å². The molecule has 6 heteroatoms. The molecule has 5 nitrogen and oxygen atoms in total. The molecule has 1 N–H and O–H groups in total. The molecule has 1 aromatic carbocycles. The van der Waals surface area contributed by atoms with Gasteiger partial charge < -0.3 is 19.7 Å². The molecule has 0 bridgehead atoms. The number of methoxy groups -OCH3 is 1. The zero-order valence-corrected chi connectivity index (χ0v) is 14.7. The first-order valence-electron chi connectivity index (χ1n) is 8.01. The minimum atomic E-state index is 0. The summed E-state index contributed by atoms with van der Waals surface area (Å²) in [5.41, 5.74) is 0. The molecule has 0 spiro atoms. The maximum Gasteiger partial charge on any atom is 0.226 e.